The van der Waals surface area contributed by atoms with Crippen LogP contribution in [0.1, 0.15) is 155 Å². The molecule has 55 heavy (non-hydrogen) atoms. The van der Waals surface area contributed by atoms with Gasteiger partial charge in [0.1, 0.15) is 6.61 Å². The fourth-order valence-electron chi connectivity index (χ4n) is 5.37. The van der Waals surface area contributed by atoms with Gasteiger partial charge in [-0.15, -0.1) is 0 Å². The monoisotopic (exact) mass is 792 g/mol. The summed E-state index contributed by atoms with van der Waals surface area (Å²) in [7, 11) is -4.33. The maximum Gasteiger partial charge on any atom is 0.472 e. The van der Waals surface area contributed by atoms with Crippen LogP contribution in [0.5, 0.6) is 0 Å². The number of rotatable bonds is 39. The van der Waals surface area contributed by atoms with E-state index in [1.54, 1.807) is 12.3 Å². The number of hydrogen-bond donors (Lipinski definition) is 3. The van der Waals surface area contributed by atoms with Crippen molar-refractivity contribution in [3.63, 3.8) is 0 Å². The van der Waals surface area contributed by atoms with Crippen molar-refractivity contribution in [3.05, 3.63) is 85.3 Å². The summed E-state index contributed by atoms with van der Waals surface area (Å²) < 4.78 is 33.0. The summed E-state index contributed by atoms with van der Waals surface area (Å²) in [6.45, 7) is 3.92. The van der Waals surface area contributed by atoms with E-state index < -0.39 is 26.0 Å². The van der Waals surface area contributed by atoms with Crippen LogP contribution in [-0.4, -0.2) is 54.5 Å². The number of carbonyl (C=O) groups is 1. The van der Waals surface area contributed by atoms with Gasteiger partial charge in [-0.2, -0.15) is 0 Å². The Hall–Kier alpha value is -2.52. The molecular weight excluding hydrogens is 713 g/mol. The van der Waals surface area contributed by atoms with Crippen LogP contribution >= 0.6 is 7.82 Å². The topological polar surface area (TPSA) is 138 Å². The Morgan fingerprint density at radius 2 is 1.25 bits per heavy atom. The number of ether oxygens (including phenoxy) is 2. The maximum absolute atomic E-state index is 12.5. The van der Waals surface area contributed by atoms with Crippen molar-refractivity contribution in [1.82, 2.24) is 0 Å². The summed E-state index contributed by atoms with van der Waals surface area (Å²) in [5, 5.41) is 9.83. The van der Waals surface area contributed by atoms with Gasteiger partial charge in [0.05, 0.1) is 25.6 Å². The van der Waals surface area contributed by atoms with Gasteiger partial charge < -0.3 is 25.2 Å². The van der Waals surface area contributed by atoms with Crippen LogP contribution in [0.2, 0.25) is 0 Å². The van der Waals surface area contributed by atoms with Crippen LogP contribution in [0, 0.1) is 0 Å². The lowest BCUT2D eigenvalue weighted by molar-refractivity contribution is -0.153. The Morgan fingerprint density at radius 1 is 0.673 bits per heavy atom. The van der Waals surface area contributed by atoms with Crippen molar-refractivity contribution in [1.29, 1.82) is 0 Å². The molecule has 0 saturated heterocycles. The summed E-state index contributed by atoms with van der Waals surface area (Å²) in [4.78, 5) is 22.4. The number of phosphoric ester groups is 1. The van der Waals surface area contributed by atoms with Crippen molar-refractivity contribution < 1.29 is 37.9 Å². The van der Waals surface area contributed by atoms with Crippen molar-refractivity contribution in [2.75, 3.05) is 26.4 Å². The summed E-state index contributed by atoms with van der Waals surface area (Å²) in [5.41, 5.74) is 5.35. The largest absolute Gasteiger partial charge is 0.498 e. The van der Waals surface area contributed by atoms with Gasteiger partial charge in [-0.3, -0.25) is 13.8 Å². The van der Waals surface area contributed by atoms with E-state index in [1.807, 2.05) is 42.5 Å². The molecule has 0 aliphatic rings. The van der Waals surface area contributed by atoms with Gasteiger partial charge in [0.2, 0.25) is 0 Å². The molecule has 10 heteroatoms. The molecule has 0 saturated carbocycles. The van der Waals surface area contributed by atoms with Gasteiger partial charge in [-0.1, -0.05) is 170 Å². The number of esters is 1. The summed E-state index contributed by atoms with van der Waals surface area (Å²) in [6, 6.07) is 0. The molecule has 0 aliphatic heterocycles. The summed E-state index contributed by atoms with van der Waals surface area (Å²) >= 11 is 0. The summed E-state index contributed by atoms with van der Waals surface area (Å²) in [5.74, 6) is -0.450. The first kappa shape index (κ1) is 52.5. The van der Waals surface area contributed by atoms with Crippen molar-refractivity contribution in [2.24, 2.45) is 5.73 Å². The fraction of sp³-hybridized carbons (Fsp3) is 0.667. The fourth-order valence-corrected chi connectivity index (χ4v) is 6.13. The molecule has 3 atom stereocenters. The van der Waals surface area contributed by atoms with Crippen LogP contribution in [0.3, 0.4) is 0 Å². The third-order valence-corrected chi connectivity index (χ3v) is 9.47. The van der Waals surface area contributed by atoms with Gasteiger partial charge in [0.15, 0.2) is 6.10 Å². The van der Waals surface area contributed by atoms with Crippen molar-refractivity contribution in [3.8, 4) is 0 Å². The van der Waals surface area contributed by atoms with E-state index in [1.165, 1.54) is 83.5 Å². The average molecular weight is 792 g/mol. The highest BCUT2D eigenvalue weighted by Crippen LogP contribution is 2.43. The van der Waals surface area contributed by atoms with E-state index in [9.17, 15) is 19.4 Å². The Morgan fingerprint density at radius 3 is 1.85 bits per heavy atom. The number of carbonyl (C=O) groups excluding carboxylic acids is 1. The predicted octanol–water partition coefficient (Wildman–Crippen LogP) is 11.8. The van der Waals surface area contributed by atoms with Crippen LogP contribution in [0.15, 0.2) is 85.3 Å². The van der Waals surface area contributed by atoms with E-state index in [-0.39, 0.29) is 32.8 Å². The smallest absolute Gasteiger partial charge is 0.472 e. The minimum atomic E-state index is -4.33. The van der Waals surface area contributed by atoms with Crippen LogP contribution in [0.25, 0.3) is 0 Å². The van der Waals surface area contributed by atoms with Gasteiger partial charge in [0.25, 0.3) is 0 Å². The molecule has 0 aliphatic carbocycles. The number of aliphatic hydroxyl groups excluding tert-OH is 1. The summed E-state index contributed by atoms with van der Waals surface area (Å²) in [6.07, 6.45) is 50.4. The molecule has 0 aromatic carbocycles. The third kappa shape index (κ3) is 40.9. The molecule has 3 unspecified atom stereocenters. The Balaban J connectivity index is 4.29. The van der Waals surface area contributed by atoms with E-state index in [4.69, 9.17) is 24.3 Å². The lowest BCUT2D eigenvalue weighted by Gasteiger charge is -2.19. The van der Waals surface area contributed by atoms with E-state index in [0.717, 1.165) is 38.5 Å². The quantitative estimate of drug-likeness (QED) is 0.0139. The highest BCUT2D eigenvalue weighted by atomic mass is 31.2. The standard InChI is InChI=1S/C45H78NO8P/c1-3-5-7-8-9-10-11-12-13-14-18-21-24-27-30-34-39-51-41-44(42-53-55(49,50)52-40-38-46)54-45(48)37-33-29-26-23-20-17-15-16-19-22-25-28-32-36-43(47)35-31-6-4-2/h6,16-17,19-20,25-26,28-29,31-32,34,36,39,43-44,47H,3-5,7-15,18,21-24,27,30,33,35,37-38,40-42,46H2,1-2H3,(H,49,50)/b19-16-,20-17-,28-25-,29-26-,31-6-,36-32-,39-34-. The molecule has 0 aromatic rings. The molecule has 0 bridgehead atoms. The molecule has 0 heterocycles. The zero-order valence-electron chi connectivity index (χ0n) is 34.5. The Labute approximate surface area is 335 Å². The number of aliphatic hydroxyl groups is 1. The predicted molar refractivity (Wildman–Crippen MR) is 230 cm³/mol. The second kappa shape index (κ2) is 41.1. The minimum Gasteiger partial charge on any atom is -0.498 e. The number of phosphoric acid groups is 1. The molecule has 0 radical (unpaired) electrons. The third-order valence-electron chi connectivity index (χ3n) is 8.48. The van der Waals surface area contributed by atoms with E-state index >= 15 is 0 Å². The first-order valence-corrected chi connectivity index (χ1v) is 22.7. The van der Waals surface area contributed by atoms with Gasteiger partial charge in [-0.25, -0.2) is 4.57 Å². The molecule has 4 N–H and O–H groups in total. The number of hydrogen-bond acceptors (Lipinski definition) is 8. The van der Waals surface area contributed by atoms with E-state index in [0.29, 0.717) is 12.8 Å². The molecule has 0 aromatic heterocycles. The van der Waals surface area contributed by atoms with Gasteiger partial charge >= 0.3 is 13.8 Å². The molecule has 0 amide bonds. The molecule has 0 rings (SSSR count). The van der Waals surface area contributed by atoms with Crippen LogP contribution in [0.4, 0.5) is 0 Å². The lowest BCUT2D eigenvalue weighted by Crippen LogP contribution is -2.27. The second-order valence-corrected chi connectivity index (χ2v) is 15.2. The second-order valence-electron chi connectivity index (χ2n) is 13.7. The zero-order valence-corrected chi connectivity index (χ0v) is 35.4. The molecule has 316 valence electrons. The molecule has 9 nitrogen and oxygen atoms in total. The first-order valence-electron chi connectivity index (χ1n) is 21.2. The van der Waals surface area contributed by atoms with Gasteiger partial charge in [0, 0.05) is 13.0 Å². The normalized spacial score (nSPS) is 14.9. The Bertz CT molecular complexity index is 1130. The van der Waals surface area contributed by atoms with Crippen LogP contribution < -0.4 is 5.73 Å². The number of allylic oxidation sites excluding steroid dienone is 11. The SMILES string of the molecule is CC/C=C\CC(O)/C=C\C=C/C/C=C\C/C=C\C/C=C\CCC(=O)OC(CO/C=C\CCCCCCCCCCCCCCCC)COP(=O)(O)OCCN. The minimum absolute atomic E-state index is 0.0123. The lowest BCUT2D eigenvalue weighted by atomic mass is 10.0. The highest BCUT2D eigenvalue weighted by Gasteiger charge is 2.25. The van der Waals surface area contributed by atoms with Crippen LogP contribution in [-0.2, 0) is 27.9 Å². The Kier molecular flexibility index (Phi) is 39.2. The molecule has 0 fully saturated rings. The molecule has 0 spiro atoms. The molecular formula is C45H78NO8P. The average Bonchev–Trinajstić information content (AvgIpc) is 3.17. The number of unbranched alkanes of at least 4 members (excludes halogenated alkanes) is 14. The van der Waals surface area contributed by atoms with E-state index in [2.05, 4.69) is 44.2 Å². The van der Waals surface area contributed by atoms with Crippen molar-refractivity contribution >= 4 is 13.8 Å². The number of nitrogens with two attached hydrogens (primary N) is 1. The van der Waals surface area contributed by atoms with Crippen molar-refractivity contribution in [2.45, 2.75) is 167 Å². The van der Waals surface area contributed by atoms with Gasteiger partial charge in [-0.05, 0) is 57.4 Å². The first-order chi connectivity index (χ1) is 26.8. The zero-order chi connectivity index (χ0) is 40.3. The highest BCUT2D eigenvalue weighted by molar-refractivity contribution is 7.47. The maximum atomic E-state index is 12.5.